The molecule has 0 saturated carbocycles. The highest BCUT2D eigenvalue weighted by Gasteiger charge is 2.08. The number of methoxy groups -OCH3 is 1. The fourth-order valence-corrected chi connectivity index (χ4v) is 2.50. The Morgan fingerprint density at radius 2 is 1.79 bits per heavy atom. The lowest BCUT2D eigenvalue weighted by Gasteiger charge is -2.17. The Balaban J connectivity index is 2.05. The summed E-state index contributed by atoms with van der Waals surface area (Å²) in [5.41, 5.74) is 2.34. The van der Waals surface area contributed by atoms with E-state index < -0.39 is 0 Å². The fraction of sp³-hybridized carbons (Fsp3) is 0.250. The second-order valence-electron chi connectivity index (χ2n) is 4.54. The van der Waals surface area contributed by atoms with Crippen molar-refractivity contribution in [2.24, 2.45) is 0 Å². The molecule has 0 radical (unpaired) electrons. The Hall–Kier alpha value is -1.48. The van der Waals surface area contributed by atoms with E-state index in [2.05, 4.69) is 40.3 Å². The first-order valence-electron chi connectivity index (χ1n) is 6.33. The minimum atomic E-state index is 0.329. The zero-order chi connectivity index (χ0) is 13.7. The highest BCUT2D eigenvalue weighted by Crippen LogP contribution is 2.24. The number of hydrogen-bond donors (Lipinski definition) is 1. The first kappa shape index (κ1) is 13.9. The molecule has 0 spiro atoms. The van der Waals surface area contributed by atoms with Gasteiger partial charge in [-0.15, -0.1) is 0 Å². The molecule has 0 aliphatic carbocycles. The number of nitrogens with one attached hydrogen (secondary N) is 1. The minimum absolute atomic E-state index is 0.329. The molecule has 0 saturated heterocycles. The number of rotatable bonds is 5. The molecular weight excluding hydrogens is 302 g/mol. The van der Waals surface area contributed by atoms with Crippen LogP contribution in [0.2, 0.25) is 0 Å². The van der Waals surface area contributed by atoms with Crippen LogP contribution in [-0.4, -0.2) is 13.2 Å². The van der Waals surface area contributed by atoms with Crippen molar-refractivity contribution < 1.29 is 4.74 Å². The van der Waals surface area contributed by atoms with Gasteiger partial charge in [-0.3, -0.25) is 0 Å². The number of benzene rings is 2. The zero-order valence-electron chi connectivity index (χ0n) is 11.2. The maximum atomic E-state index is 5.38. The molecule has 100 valence electrons. The van der Waals surface area contributed by atoms with Crippen LogP contribution in [0.4, 0.5) is 5.69 Å². The zero-order valence-corrected chi connectivity index (χ0v) is 12.8. The topological polar surface area (TPSA) is 21.3 Å². The molecule has 0 amide bonds. The van der Waals surface area contributed by atoms with Crippen molar-refractivity contribution in [3.8, 4) is 5.75 Å². The van der Waals surface area contributed by atoms with E-state index in [4.69, 9.17) is 4.74 Å². The first-order valence-corrected chi connectivity index (χ1v) is 7.13. The molecule has 1 atom stereocenters. The summed E-state index contributed by atoms with van der Waals surface area (Å²) in [4.78, 5) is 0. The Morgan fingerprint density at radius 1 is 1.11 bits per heavy atom. The van der Waals surface area contributed by atoms with Crippen LogP contribution in [0.15, 0.2) is 53.0 Å². The molecule has 0 heterocycles. The maximum Gasteiger partial charge on any atom is 0.122 e. The molecule has 0 bridgehead atoms. The number of halogens is 1. The molecule has 0 fully saturated rings. The van der Waals surface area contributed by atoms with Crippen molar-refractivity contribution in [1.82, 2.24) is 0 Å². The van der Waals surface area contributed by atoms with Crippen LogP contribution in [-0.2, 0) is 6.42 Å². The van der Waals surface area contributed by atoms with Gasteiger partial charge in [-0.05, 0) is 53.0 Å². The van der Waals surface area contributed by atoms with Crippen LogP contribution >= 0.6 is 15.9 Å². The Kier molecular flexibility index (Phi) is 4.86. The SMILES string of the molecule is COc1ccccc1CC(C)Nc1ccccc1Br. The third kappa shape index (κ3) is 3.74. The summed E-state index contributed by atoms with van der Waals surface area (Å²) >= 11 is 3.55. The molecule has 0 aliphatic heterocycles. The van der Waals surface area contributed by atoms with Gasteiger partial charge < -0.3 is 10.1 Å². The lowest BCUT2D eigenvalue weighted by molar-refractivity contribution is 0.409. The molecule has 2 aromatic rings. The summed E-state index contributed by atoms with van der Waals surface area (Å²) in [6.07, 6.45) is 0.922. The predicted molar refractivity (Wildman–Crippen MR) is 83.9 cm³/mol. The van der Waals surface area contributed by atoms with Gasteiger partial charge in [0.2, 0.25) is 0 Å². The third-order valence-corrected chi connectivity index (χ3v) is 3.69. The summed E-state index contributed by atoms with van der Waals surface area (Å²) < 4.78 is 6.47. The quantitative estimate of drug-likeness (QED) is 0.876. The average molecular weight is 320 g/mol. The van der Waals surface area contributed by atoms with Crippen molar-refractivity contribution in [2.75, 3.05) is 12.4 Å². The first-order chi connectivity index (χ1) is 9.20. The number of anilines is 1. The Labute approximate surface area is 122 Å². The molecular formula is C16H18BrNO. The van der Waals surface area contributed by atoms with E-state index in [1.165, 1.54) is 5.56 Å². The van der Waals surface area contributed by atoms with Crippen molar-refractivity contribution >= 4 is 21.6 Å². The minimum Gasteiger partial charge on any atom is -0.496 e. The van der Waals surface area contributed by atoms with E-state index in [-0.39, 0.29) is 0 Å². The molecule has 2 nitrogen and oxygen atoms in total. The van der Waals surface area contributed by atoms with E-state index in [1.54, 1.807) is 7.11 Å². The highest BCUT2D eigenvalue weighted by atomic mass is 79.9. The molecule has 2 aromatic carbocycles. The molecule has 3 heteroatoms. The molecule has 0 aromatic heterocycles. The Bertz CT molecular complexity index is 542. The monoisotopic (exact) mass is 319 g/mol. The van der Waals surface area contributed by atoms with Crippen molar-refractivity contribution in [1.29, 1.82) is 0 Å². The number of para-hydroxylation sites is 2. The lowest BCUT2D eigenvalue weighted by atomic mass is 10.1. The summed E-state index contributed by atoms with van der Waals surface area (Å²) in [6.45, 7) is 2.17. The second kappa shape index (κ2) is 6.62. The second-order valence-corrected chi connectivity index (χ2v) is 5.40. The average Bonchev–Trinajstić information content (AvgIpc) is 2.42. The number of ether oxygens (including phenoxy) is 1. The third-order valence-electron chi connectivity index (χ3n) is 2.99. The van der Waals surface area contributed by atoms with Gasteiger partial charge in [0.25, 0.3) is 0 Å². The lowest BCUT2D eigenvalue weighted by Crippen LogP contribution is -2.18. The number of hydrogen-bond acceptors (Lipinski definition) is 2. The van der Waals surface area contributed by atoms with E-state index in [0.717, 1.165) is 22.3 Å². The summed E-state index contributed by atoms with van der Waals surface area (Å²) in [5, 5.41) is 3.51. The van der Waals surface area contributed by atoms with Crippen LogP contribution in [0.25, 0.3) is 0 Å². The van der Waals surface area contributed by atoms with Crippen LogP contribution in [0.1, 0.15) is 12.5 Å². The van der Waals surface area contributed by atoms with Crippen molar-refractivity contribution in [3.63, 3.8) is 0 Å². The van der Waals surface area contributed by atoms with Gasteiger partial charge in [-0.1, -0.05) is 30.3 Å². The Morgan fingerprint density at radius 3 is 2.53 bits per heavy atom. The van der Waals surface area contributed by atoms with E-state index >= 15 is 0 Å². The molecule has 0 aliphatic rings. The molecule has 1 N–H and O–H groups in total. The predicted octanol–water partition coefficient (Wildman–Crippen LogP) is 4.50. The largest absolute Gasteiger partial charge is 0.496 e. The van der Waals surface area contributed by atoms with Crippen molar-refractivity contribution in [3.05, 3.63) is 58.6 Å². The molecule has 19 heavy (non-hydrogen) atoms. The van der Waals surface area contributed by atoms with Gasteiger partial charge in [0.1, 0.15) is 5.75 Å². The van der Waals surface area contributed by atoms with Crippen molar-refractivity contribution in [2.45, 2.75) is 19.4 Å². The normalized spacial score (nSPS) is 11.9. The standard InChI is InChI=1S/C16H18BrNO/c1-12(18-15-9-5-4-8-14(15)17)11-13-7-3-6-10-16(13)19-2/h3-10,12,18H,11H2,1-2H3. The highest BCUT2D eigenvalue weighted by molar-refractivity contribution is 9.10. The summed E-state index contributed by atoms with van der Waals surface area (Å²) in [5.74, 6) is 0.947. The van der Waals surface area contributed by atoms with Crippen LogP contribution in [0.5, 0.6) is 5.75 Å². The van der Waals surface area contributed by atoms with Crippen LogP contribution in [0, 0.1) is 0 Å². The van der Waals surface area contributed by atoms with E-state index in [9.17, 15) is 0 Å². The molecule has 1 unspecified atom stereocenters. The summed E-state index contributed by atoms with van der Waals surface area (Å²) in [6, 6.07) is 16.6. The smallest absolute Gasteiger partial charge is 0.122 e. The maximum absolute atomic E-state index is 5.38. The molecule has 2 rings (SSSR count). The van der Waals surface area contributed by atoms with Gasteiger partial charge in [-0.2, -0.15) is 0 Å². The van der Waals surface area contributed by atoms with Gasteiger partial charge in [0.05, 0.1) is 7.11 Å². The van der Waals surface area contributed by atoms with E-state index in [1.807, 2.05) is 36.4 Å². The summed E-state index contributed by atoms with van der Waals surface area (Å²) in [7, 11) is 1.71. The van der Waals surface area contributed by atoms with Gasteiger partial charge in [0.15, 0.2) is 0 Å². The van der Waals surface area contributed by atoms with E-state index in [0.29, 0.717) is 6.04 Å². The fourth-order valence-electron chi connectivity index (χ4n) is 2.10. The van der Waals surface area contributed by atoms with Gasteiger partial charge in [-0.25, -0.2) is 0 Å². The van der Waals surface area contributed by atoms with Gasteiger partial charge in [0, 0.05) is 16.2 Å². The van der Waals surface area contributed by atoms with Gasteiger partial charge >= 0.3 is 0 Å². The van der Waals surface area contributed by atoms with Crippen LogP contribution < -0.4 is 10.1 Å². The van der Waals surface area contributed by atoms with Crippen LogP contribution in [0.3, 0.4) is 0 Å².